The molecule has 1 heteroatoms. The molecule has 0 atom stereocenters. The smallest absolute Gasteiger partial charge is 0 e. The van der Waals surface area contributed by atoms with Crippen LogP contribution in [0.25, 0.3) is 32.7 Å². The second kappa shape index (κ2) is 7.77. The van der Waals surface area contributed by atoms with E-state index in [4.69, 9.17) is 0 Å². The van der Waals surface area contributed by atoms with Gasteiger partial charge < -0.3 is 0 Å². The van der Waals surface area contributed by atoms with Crippen molar-refractivity contribution < 1.29 is 26.2 Å². The largest absolute Gasteiger partial charge is 0.164 e. The van der Waals surface area contributed by atoms with Gasteiger partial charge >= 0.3 is 0 Å². The van der Waals surface area contributed by atoms with E-state index in [1.165, 1.54) is 64.8 Å². The minimum atomic E-state index is 0. The van der Waals surface area contributed by atoms with E-state index < -0.39 is 0 Å². The van der Waals surface area contributed by atoms with E-state index in [0.717, 1.165) is 29.6 Å². The molecule has 0 amide bonds. The zero-order valence-corrected chi connectivity index (χ0v) is 20.5. The van der Waals surface area contributed by atoms with Gasteiger partial charge in [0.25, 0.3) is 0 Å². The van der Waals surface area contributed by atoms with Gasteiger partial charge in [-0.1, -0.05) is 54.1 Å². The van der Waals surface area contributed by atoms with Crippen molar-refractivity contribution >= 4 is 21.5 Å². The summed E-state index contributed by atoms with van der Waals surface area (Å²) in [5.74, 6) is 5.10. The van der Waals surface area contributed by atoms with Crippen LogP contribution < -0.4 is 0 Å². The van der Waals surface area contributed by atoms with Gasteiger partial charge in [-0.05, 0) is 84.5 Å². The summed E-state index contributed by atoms with van der Waals surface area (Å²) in [5.41, 5.74) is 4.33. The zero-order valence-electron chi connectivity index (χ0n) is 18.1. The van der Waals surface area contributed by atoms with Crippen LogP contribution in [0.4, 0.5) is 0 Å². The number of rotatable bonds is 3. The molecule has 0 spiro atoms. The van der Waals surface area contributed by atoms with E-state index >= 15 is 0 Å². The Bertz CT molecular complexity index is 1210. The predicted octanol–water partition coefficient (Wildman–Crippen LogP) is 7.99. The average molecular weight is 481 g/mol. The average Bonchev–Trinajstić information content (AvgIpc) is 3.18. The van der Waals surface area contributed by atoms with Gasteiger partial charge in [-0.25, -0.2) is 0 Å². The molecule has 0 aliphatic heterocycles. The molecule has 0 nitrogen and oxygen atoms in total. The third-order valence-corrected chi connectivity index (χ3v) is 8.78. The van der Waals surface area contributed by atoms with Gasteiger partial charge in [0, 0.05) is 26.2 Å². The first-order valence-corrected chi connectivity index (χ1v) is 12.0. The van der Waals surface area contributed by atoms with E-state index in [0.29, 0.717) is 0 Å². The summed E-state index contributed by atoms with van der Waals surface area (Å²) in [6, 6.07) is 27.4. The van der Waals surface area contributed by atoms with Crippen LogP contribution in [0.3, 0.4) is 0 Å². The van der Waals surface area contributed by atoms with Gasteiger partial charge in [0.2, 0.25) is 0 Å². The van der Waals surface area contributed by atoms with Crippen LogP contribution in [0.15, 0.2) is 72.8 Å². The first kappa shape index (κ1) is 20.1. The van der Waals surface area contributed by atoms with Crippen molar-refractivity contribution in [1.29, 1.82) is 0 Å². The second-order valence-corrected chi connectivity index (χ2v) is 10.5. The van der Waals surface area contributed by atoms with Crippen LogP contribution in [0.1, 0.15) is 37.7 Å². The Balaban J connectivity index is 0.00000185. The number of hydrogen-bond acceptors (Lipinski definition) is 0. The molecule has 4 fully saturated rings. The van der Waals surface area contributed by atoms with E-state index in [2.05, 4.69) is 72.8 Å². The van der Waals surface area contributed by atoms with E-state index in [1.807, 2.05) is 0 Å². The molecule has 0 saturated heterocycles. The van der Waals surface area contributed by atoms with Gasteiger partial charge in [0.05, 0.1) is 0 Å². The number of benzene rings is 3. The normalized spacial score (nSPS) is 28.8. The van der Waals surface area contributed by atoms with Crippen LogP contribution >= 0.6 is 0 Å². The summed E-state index contributed by atoms with van der Waals surface area (Å²) in [6.45, 7) is 0. The molecule has 154 valence electrons. The van der Waals surface area contributed by atoms with Gasteiger partial charge in [0.15, 0.2) is 0 Å². The molecule has 0 N–H and O–H groups in total. The van der Waals surface area contributed by atoms with Crippen LogP contribution in [-0.4, -0.2) is 0 Å². The fraction of sp³-hybridized carbons (Fsp3) is 0.367. The molecule has 0 radical (unpaired) electrons. The molecule has 4 aromatic rings. The van der Waals surface area contributed by atoms with Crippen molar-refractivity contribution in [3.63, 3.8) is 0 Å². The monoisotopic (exact) mass is 479 g/mol. The van der Waals surface area contributed by atoms with Gasteiger partial charge in [-0.15, -0.1) is 34.5 Å². The quantitative estimate of drug-likeness (QED) is 0.261. The van der Waals surface area contributed by atoms with Crippen LogP contribution in [0, 0.1) is 29.6 Å². The Hall–Kier alpha value is -1.59. The molecule has 4 saturated carbocycles. The van der Waals surface area contributed by atoms with E-state index in [-0.39, 0.29) is 26.2 Å². The van der Waals surface area contributed by atoms with Crippen molar-refractivity contribution in [3.8, 4) is 11.1 Å². The molecule has 31 heavy (non-hydrogen) atoms. The first-order valence-electron chi connectivity index (χ1n) is 12.0. The molecule has 4 aromatic carbocycles. The fourth-order valence-corrected chi connectivity index (χ4v) is 7.75. The minimum absolute atomic E-state index is 0. The molecular weight excluding hydrogens is 452 g/mol. The van der Waals surface area contributed by atoms with E-state index in [9.17, 15) is 0 Å². The Kier molecular flexibility index (Phi) is 5.03. The maximum atomic E-state index is 2.53. The Morgan fingerprint density at radius 2 is 1.32 bits per heavy atom. The fourth-order valence-electron chi connectivity index (χ4n) is 7.75. The van der Waals surface area contributed by atoms with Gasteiger partial charge in [0.1, 0.15) is 0 Å². The summed E-state index contributed by atoms with van der Waals surface area (Å²) in [6.07, 6.45) is 8.96. The molecule has 0 unspecified atom stereocenters. The number of hydrogen-bond donors (Lipinski definition) is 0. The van der Waals surface area contributed by atoms with Gasteiger partial charge in [-0.2, -0.15) is 6.07 Å². The molecule has 4 bridgehead atoms. The third kappa shape index (κ3) is 3.31. The van der Waals surface area contributed by atoms with Crippen molar-refractivity contribution in [3.05, 3.63) is 78.4 Å². The van der Waals surface area contributed by atoms with E-state index in [1.54, 1.807) is 12.0 Å². The topological polar surface area (TPSA) is 0 Å². The minimum Gasteiger partial charge on any atom is -0.164 e. The molecule has 4 aliphatic carbocycles. The second-order valence-electron chi connectivity index (χ2n) is 10.5. The van der Waals surface area contributed by atoms with Crippen LogP contribution in [0.2, 0.25) is 0 Å². The molecule has 4 aliphatic rings. The molecule has 8 rings (SSSR count). The summed E-state index contributed by atoms with van der Waals surface area (Å²) < 4.78 is 0. The summed E-state index contributed by atoms with van der Waals surface area (Å²) in [4.78, 5) is 0. The van der Waals surface area contributed by atoms with Crippen molar-refractivity contribution in [2.75, 3.05) is 0 Å². The predicted molar refractivity (Wildman–Crippen MR) is 127 cm³/mol. The van der Waals surface area contributed by atoms with Crippen LogP contribution in [0.5, 0.6) is 0 Å². The Labute approximate surface area is 204 Å². The summed E-state index contributed by atoms with van der Waals surface area (Å²) in [7, 11) is 0. The molecule has 0 heterocycles. The summed E-state index contributed by atoms with van der Waals surface area (Å²) >= 11 is 0. The zero-order chi connectivity index (χ0) is 19.7. The molecular formula is C30H29Zr-. The van der Waals surface area contributed by atoms with Crippen LogP contribution in [-0.2, 0) is 32.6 Å². The molecule has 0 aromatic heterocycles. The Morgan fingerprint density at radius 1 is 0.677 bits per heavy atom. The third-order valence-electron chi connectivity index (χ3n) is 8.78. The Morgan fingerprint density at radius 3 is 2.10 bits per heavy atom. The van der Waals surface area contributed by atoms with Crippen molar-refractivity contribution in [1.82, 2.24) is 0 Å². The maximum Gasteiger partial charge on any atom is 0 e. The first-order chi connectivity index (χ1) is 14.8. The van der Waals surface area contributed by atoms with Gasteiger partial charge in [-0.3, -0.25) is 0 Å². The number of fused-ring (bicyclic) bond motifs is 2. The summed E-state index contributed by atoms with van der Waals surface area (Å²) in [5, 5.41) is 5.54. The maximum absolute atomic E-state index is 2.53. The standard InChI is InChI=1S/C30H29.Zr/c1-2-8-26-22(5-1)6-3-9-27(26)28-10-4-7-23-12-21(18-30(23)28)17-29-24-13-19-11-20(15-24)16-25(29)14-19;/h1-10,12,18-20,24-25,29H,11,13-17H2;/q-1;. The van der Waals surface area contributed by atoms with Crippen molar-refractivity contribution in [2.24, 2.45) is 29.6 Å². The SMILES string of the molecule is [Zr].c1ccc2c(-c3cccc4[cH-]c(CC5C6CC7CC(C6)CC5C7)cc34)cccc2c1. The van der Waals surface area contributed by atoms with Crippen molar-refractivity contribution in [2.45, 2.75) is 38.5 Å².